The first kappa shape index (κ1) is 17.5. The molecule has 2 N–H and O–H groups in total. The number of piperidine rings is 1. The maximum Gasteiger partial charge on any atom is 0.318 e. The summed E-state index contributed by atoms with van der Waals surface area (Å²) in [6, 6.07) is 1.98. The molecule has 1 aliphatic heterocycles. The fourth-order valence-electron chi connectivity index (χ4n) is 3.54. The van der Waals surface area contributed by atoms with Crippen LogP contribution < -0.4 is 5.32 Å². The van der Waals surface area contributed by atoms with E-state index < -0.39 is 0 Å². The van der Waals surface area contributed by atoms with E-state index in [4.69, 9.17) is 4.52 Å². The van der Waals surface area contributed by atoms with E-state index in [9.17, 15) is 4.79 Å². The number of aromatic amines is 1. The highest BCUT2D eigenvalue weighted by Crippen LogP contribution is 2.30. The Morgan fingerprint density at radius 3 is 3.00 bits per heavy atom. The maximum absolute atomic E-state index is 12.7. The third-order valence-corrected chi connectivity index (χ3v) is 5.06. The Kier molecular flexibility index (Phi) is 5.73. The summed E-state index contributed by atoms with van der Waals surface area (Å²) in [5.41, 5.74) is 2.04. The van der Waals surface area contributed by atoms with Crippen LogP contribution in [0.2, 0.25) is 0 Å². The van der Waals surface area contributed by atoms with Crippen LogP contribution in [0.3, 0.4) is 0 Å². The molecule has 0 aliphatic carbocycles. The fourth-order valence-corrected chi connectivity index (χ4v) is 3.54. The molecule has 7 heteroatoms. The normalized spacial score (nSPS) is 17.9. The highest BCUT2D eigenvalue weighted by molar-refractivity contribution is 5.74. The molecule has 25 heavy (non-hydrogen) atoms. The standard InChI is InChI=1S/C18H27N5O2/c1-3-13(4-2)16-9-15(25-22-16)12-19-18(24)23-8-6-5-7-17(23)14-10-20-21-11-14/h9-11,13,17H,3-8,12H2,1-2H3,(H,19,24)(H,20,21)/t17-/m0/s1. The van der Waals surface area contributed by atoms with Gasteiger partial charge in [-0.3, -0.25) is 5.10 Å². The average molecular weight is 345 g/mol. The van der Waals surface area contributed by atoms with E-state index in [1.54, 1.807) is 6.20 Å². The van der Waals surface area contributed by atoms with Crippen LogP contribution in [0.15, 0.2) is 23.0 Å². The van der Waals surface area contributed by atoms with E-state index in [0.717, 1.165) is 49.9 Å². The van der Waals surface area contributed by atoms with Gasteiger partial charge < -0.3 is 14.7 Å². The largest absolute Gasteiger partial charge is 0.359 e. The van der Waals surface area contributed by atoms with Crippen molar-refractivity contribution in [2.24, 2.45) is 0 Å². The molecule has 3 heterocycles. The molecular formula is C18H27N5O2. The van der Waals surface area contributed by atoms with Gasteiger partial charge in [-0.2, -0.15) is 5.10 Å². The van der Waals surface area contributed by atoms with Gasteiger partial charge in [-0.05, 0) is 32.1 Å². The molecule has 0 saturated carbocycles. The number of urea groups is 1. The van der Waals surface area contributed by atoms with Gasteiger partial charge in [0, 0.05) is 30.3 Å². The molecule has 0 aromatic carbocycles. The van der Waals surface area contributed by atoms with E-state index in [-0.39, 0.29) is 12.1 Å². The number of carbonyl (C=O) groups excluding carboxylic acids is 1. The van der Waals surface area contributed by atoms with E-state index >= 15 is 0 Å². The molecule has 2 amide bonds. The summed E-state index contributed by atoms with van der Waals surface area (Å²) < 4.78 is 5.39. The predicted molar refractivity (Wildman–Crippen MR) is 93.9 cm³/mol. The second-order valence-electron chi connectivity index (χ2n) is 6.63. The summed E-state index contributed by atoms with van der Waals surface area (Å²) in [4.78, 5) is 14.5. The van der Waals surface area contributed by atoms with Gasteiger partial charge in [0.05, 0.1) is 24.5 Å². The molecule has 2 aromatic heterocycles. The molecule has 2 aromatic rings. The number of hydrogen-bond acceptors (Lipinski definition) is 4. The quantitative estimate of drug-likeness (QED) is 0.835. The van der Waals surface area contributed by atoms with Gasteiger partial charge in [0.2, 0.25) is 0 Å². The summed E-state index contributed by atoms with van der Waals surface area (Å²) in [5.74, 6) is 1.12. The molecule has 1 atom stereocenters. The molecule has 0 unspecified atom stereocenters. The van der Waals surface area contributed by atoms with Crippen molar-refractivity contribution in [1.82, 2.24) is 25.6 Å². The highest BCUT2D eigenvalue weighted by atomic mass is 16.5. The van der Waals surface area contributed by atoms with Crippen molar-refractivity contribution in [2.75, 3.05) is 6.54 Å². The number of carbonyl (C=O) groups is 1. The van der Waals surface area contributed by atoms with E-state index in [1.807, 2.05) is 17.2 Å². The van der Waals surface area contributed by atoms with Crippen molar-refractivity contribution in [3.63, 3.8) is 0 Å². The summed E-state index contributed by atoms with van der Waals surface area (Å²) in [6.45, 7) is 5.42. The number of nitrogens with one attached hydrogen (secondary N) is 2. The topological polar surface area (TPSA) is 87.0 Å². The number of amides is 2. The van der Waals surface area contributed by atoms with Gasteiger partial charge in [-0.25, -0.2) is 4.79 Å². The SMILES string of the molecule is CCC(CC)c1cc(CNC(=O)N2CCCC[C@H]2c2cn[nH]c2)on1. The lowest BCUT2D eigenvalue weighted by Gasteiger charge is -2.35. The van der Waals surface area contributed by atoms with Crippen molar-refractivity contribution in [2.45, 2.75) is 64.5 Å². The minimum Gasteiger partial charge on any atom is -0.359 e. The number of hydrogen-bond donors (Lipinski definition) is 2. The minimum atomic E-state index is -0.0635. The maximum atomic E-state index is 12.7. The van der Waals surface area contributed by atoms with Crippen molar-refractivity contribution >= 4 is 6.03 Å². The number of rotatable bonds is 6. The van der Waals surface area contributed by atoms with Crippen molar-refractivity contribution in [1.29, 1.82) is 0 Å². The van der Waals surface area contributed by atoms with E-state index in [0.29, 0.717) is 18.2 Å². The molecule has 7 nitrogen and oxygen atoms in total. The van der Waals surface area contributed by atoms with Gasteiger partial charge in [0.25, 0.3) is 0 Å². The monoisotopic (exact) mass is 345 g/mol. The first-order valence-corrected chi connectivity index (χ1v) is 9.21. The third-order valence-electron chi connectivity index (χ3n) is 5.06. The Balaban J connectivity index is 1.60. The fraction of sp³-hybridized carbons (Fsp3) is 0.611. The molecule has 0 radical (unpaired) electrons. The Morgan fingerprint density at radius 1 is 1.44 bits per heavy atom. The zero-order valence-corrected chi connectivity index (χ0v) is 15.0. The smallest absolute Gasteiger partial charge is 0.318 e. The summed E-state index contributed by atoms with van der Waals surface area (Å²) in [5, 5.41) is 14.0. The average Bonchev–Trinajstić information content (AvgIpc) is 3.33. The zero-order chi connectivity index (χ0) is 17.6. The van der Waals surface area contributed by atoms with E-state index in [2.05, 4.69) is 34.5 Å². The zero-order valence-electron chi connectivity index (χ0n) is 15.0. The Labute approximate surface area is 148 Å². The van der Waals surface area contributed by atoms with Gasteiger partial charge in [0.1, 0.15) is 0 Å². The van der Waals surface area contributed by atoms with Crippen molar-refractivity contribution in [3.05, 3.63) is 35.5 Å². The molecule has 0 bridgehead atoms. The summed E-state index contributed by atoms with van der Waals surface area (Å²) >= 11 is 0. The first-order valence-electron chi connectivity index (χ1n) is 9.21. The number of aromatic nitrogens is 3. The van der Waals surface area contributed by atoms with Gasteiger partial charge in [-0.15, -0.1) is 0 Å². The lowest BCUT2D eigenvalue weighted by molar-refractivity contribution is 0.150. The van der Waals surface area contributed by atoms with Crippen LogP contribution in [-0.4, -0.2) is 32.8 Å². The third kappa shape index (κ3) is 4.03. The molecule has 0 spiro atoms. The lowest BCUT2D eigenvalue weighted by Crippen LogP contribution is -2.44. The minimum absolute atomic E-state index is 0.0635. The second kappa shape index (κ2) is 8.18. The van der Waals surface area contributed by atoms with Crippen LogP contribution in [0.1, 0.15) is 74.9 Å². The van der Waals surface area contributed by atoms with Crippen LogP contribution in [-0.2, 0) is 6.54 Å². The molecule has 1 aliphatic rings. The highest BCUT2D eigenvalue weighted by Gasteiger charge is 2.28. The summed E-state index contributed by atoms with van der Waals surface area (Å²) in [7, 11) is 0. The Bertz CT molecular complexity index is 663. The van der Waals surface area contributed by atoms with Crippen LogP contribution in [0.25, 0.3) is 0 Å². The van der Waals surface area contributed by atoms with Gasteiger partial charge in [-0.1, -0.05) is 19.0 Å². The number of nitrogens with zero attached hydrogens (tertiary/aromatic N) is 3. The van der Waals surface area contributed by atoms with Crippen molar-refractivity contribution < 1.29 is 9.32 Å². The molecule has 1 fully saturated rings. The van der Waals surface area contributed by atoms with Crippen LogP contribution in [0, 0.1) is 0 Å². The number of H-pyrrole nitrogens is 1. The van der Waals surface area contributed by atoms with Gasteiger partial charge in [0.15, 0.2) is 5.76 Å². The van der Waals surface area contributed by atoms with Crippen LogP contribution in [0.4, 0.5) is 4.79 Å². The van der Waals surface area contributed by atoms with Crippen molar-refractivity contribution in [3.8, 4) is 0 Å². The Morgan fingerprint density at radius 2 is 2.28 bits per heavy atom. The summed E-state index contributed by atoms with van der Waals surface area (Å²) in [6.07, 6.45) is 8.87. The first-order chi connectivity index (χ1) is 12.2. The predicted octanol–water partition coefficient (Wildman–Crippen LogP) is 3.74. The lowest BCUT2D eigenvalue weighted by atomic mass is 9.98. The van der Waals surface area contributed by atoms with Gasteiger partial charge >= 0.3 is 6.03 Å². The molecular weight excluding hydrogens is 318 g/mol. The van der Waals surface area contributed by atoms with E-state index in [1.165, 1.54) is 0 Å². The van der Waals surface area contributed by atoms with Crippen LogP contribution in [0.5, 0.6) is 0 Å². The molecule has 3 rings (SSSR count). The molecule has 1 saturated heterocycles. The second-order valence-corrected chi connectivity index (χ2v) is 6.63. The number of likely N-dealkylation sites (tertiary alicyclic amines) is 1. The Hall–Kier alpha value is -2.31. The van der Waals surface area contributed by atoms with Crippen LogP contribution >= 0.6 is 0 Å². The molecule has 136 valence electrons.